The van der Waals surface area contributed by atoms with Gasteiger partial charge in [-0.05, 0) is 56.8 Å². The molecule has 2 saturated heterocycles. The van der Waals surface area contributed by atoms with Crippen LogP contribution in [0.1, 0.15) is 37.7 Å². The van der Waals surface area contributed by atoms with Crippen LogP contribution in [0, 0.1) is 5.41 Å². The molecule has 6 atom stereocenters. The Bertz CT molecular complexity index is 860. The smallest absolute Gasteiger partial charge is 0.343 e. The van der Waals surface area contributed by atoms with Gasteiger partial charge in [0.15, 0.2) is 0 Å². The number of ether oxygens (including phenoxy) is 1. The highest BCUT2D eigenvalue weighted by Crippen LogP contribution is 2.75. The minimum Gasteiger partial charge on any atom is -0.467 e. The van der Waals surface area contributed by atoms with Gasteiger partial charge in [-0.2, -0.15) is 0 Å². The quantitative estimate of drug-likeness (QED) is 0.641. The molecular formula is C21H26N2O4. The highest BCUT2D eigenvalue weighted by molar-refractivity contribution is 5.88. The van der Waals surface area contributed by atoms with E-state index in [1.54, 1.807) is 0 Å². The Morgan fingerprint density at radius 3 is 2.85 bits per heavy atom. The number of rotatable bonds is 1. The molecule has 3 aliphatic heterocycles. The number of nitrogens with zero attached hydrogens (tertiary/aromatic N) is 1. The van der Waals surface area contributed by atoms with Gasteiger partial charge in [0.25, 0.3) is 0 Å². The number of aliphatic hydroxyl groups excluding tert-OH is 1. The Kier molecular flexibility index (Phi) is 2.83. The third-order valence-electron chi connectivity index (χ3n) is 8.83. The highest BCUT2D eigenvalue weighted by Gasteiger charge is 2.87. The van der Waals surface area contributed by atoms with Gasteiger partial charge in [-0.3, -0.25) is 4.90 Å². The summed E-state index contributed by atoms with van der Waals surface area (Å²) in [7, 11) is 1.30. The Balaban J connectivity index is 1.71. The summed E-state index contributed by atoms with van der Waals surface area (Å²) in [5, 5.41) is 27.1. The number of hydrogen-bond acceptors (Lipinski definition) is 6. The van der Waals surface area contributed by atoms with E-state index in [-0.39, 0.29) is 11.5 Å². The molecule has 0 amide bonds. The fourth-order valence-electron chi connectivity index (χ4n) is 8.13. The van der Waals surface area contributed by atoms with E-state index in [0.29, 0.717) is 6.42 Å². The number of hydrogen-bond donors (Lipinski definition) is 3. The zero-order chi connectivity index (χ0) is 18.7. The second-order valence-electron chi connectivity index (χ2n) is 9.23. The van der Waals surface area contributed by atoms with Crippen molar-refractivity contribution in [3.8, 4) is 0 Å². The lowest BCUT2D eigenvalue weighted by Gasteiger charge is -2.72. The second-order valence-corrected chi connectivity index (χ2v) is 9.23. The molecule has 6 nitrogen and oxygen atoms in total. The maximum Gasteiger partial charge on any atom is 0.343 e. The molecule has 3 aliphatic carbocycles. The van der Waals surface area contributed by atoms with Crippen LogP contribution in [0.2, 0.25) is 0 Å². The molecule has 3 saturated carbocycles. The van der Waals surface area contributed by atoms with Gasteiger partial charge in [0.1, 0.15) is 6.10 Å². The molecule has 5 fully saturated rings. The van der Waals surface area contributed by atoms with Crippen molar-refractivity contribution in [1.29, 1.82) is 0 Å². The van der Waals surface area contributed by atoms with Crippen molar-refractivity contribution in [3.05, 3.63) is 29.8 Å². The standard InChI is InChI=1S/C21H26N2O4/c1-27-17(25)21(26)16(24)18-7-4-11-23-12-10-19(15(18)23)13-5-2-3-6-14(13)22-20(19,21)9-8-18/h2-3,5-6,15-16,22,24,26H,4,7-12H2,1H3/t15-,16-,18?,19+,20?,21+/m0/s1. The van der Waals surface area contributed by atoms with Crippen LogP contribution in [-0.4, -0.2) is 64.6 Å². The SMILES string of the molecule is COC(=O)[C@]1(O)[C@@H](O)C23CCCN4CC[C@@]5(c6ccccc6NC15CC2)[C@@H]43. The van der Waals surface area contributed by atoms with Gasteiger partial charge in [-0.25, -0.2) is 4.79 Å². The number of anilines is 1. The molecule has 27 heavy (non-hydrogen) atoms. The van der Waals surface area contributed by atoms with Crippen LogP contribution in [-0.2, 0) is 14.9 Å². The highest BCUT2D eigenvalue weighted by atomic mass is 16.5. The molecule has 6 aliphatic rings. The van der Waals surface area contributed by atoms with E-state index in [0.717, 1.165) is 44.5 Å². The van der Waals surface area contributed by atoms with E-state index in [2.05, 4.69) is 16.3 Å². The van der Waals surface area contributed by atoms with E-state index in [1.807, 2.05) is 18.2 Å². The van der Waals surface area contributed by atoms with E-state index in [9.17, 15) is 15.0 Å². The van der Waals surface area contributed by atoms with Gasteiger partial charge >= 0.3 is 5.97 Å². The number of methoxy groups -OCH3 is 1. The van der Waals surface area contributed by atoms with Gasteiger partial charge < -0.3 is 20.3 Å². The van der Waals surface area contributed by atoms with Gasteiger partial charge in [0.05, 0.1) is 12.6 Å². The van der Waals surface area contributed by atoms with E-state index in [1.165, 1.54) is 12.7 Å². The van der Waals surface area contributed by atoms with Crippen molar-refractivity contribution >= 4 is 11.7 Å². The zero-order valence-corrected chi connectivity index (χ0v) is 15.6. The first-order chi connectivity index (χ1) is 13.0. The summed E-state index contributed by atoms with van der Waals surface area (Å²) in [6.07, 6.45) is 3.06. The van der Waals surface area contributed by atoms with Crippen LogP contribution in [0.25, 0.3) is 0 Å². The van der Waals surface area contributed by atoms with Crippen LogP contribution in [0.5, 0.6) is 0 Å². The number of benzene rings is 1. The average Bonchev–Trinajstić information content (AvgIpc) is 3.24. The third kappa shape index (κ3) is 1.37. The summed E-state index contributed by atoms with van der Waals surface area (Å²) in [6, 6.07) is 8.35. The Hall–Kier alpha value is -1.63. The third-order valence-corrected chi connectivity index (χ3v) is 8.83. The first kappa shape index (κ1) is 16.3. The summed E-state index contributed by atoms with van der Waals surface area (Å²) >= 11 is 0. The Morgan fingerprint density at radius 2 is 2.04 bits per heavy atom. The zero-order valence-electron chi connectivity index (χ0n) is 15.6. The fourth-order valence-corrected chi connectivity index (χ4v) is 8.13. The fraction of sp³-hybridized carbons (Fsp3) is 0.667. The molecule has 0 radical (unpaired) electrons. The molecule has 3 heterocycles. The number of aliphatic hydroxyl groups is 2. The number of fused-ring (bicyclic) bond motifs is 3. The van der Waals surface area contributed by atoms with E-state index in [4.69, 9.17) is 4.74 Å². The van der Waals surface area contributed by atoms with Crippen LogP contribution in [0.4, 0.5) is 5.69 Å². The minimum atomic E-state index is -1.96. The summed E-state index contributed by atoms with van der Waals surface area (Å²) < 4.78 is 5.09. The summed E-state index contributed by atoms with van der Waals surface area (Å²) in [6.45, 7) is 1.96. The minimum absolute atomic E-state index is 0.142. The van der Waals surface area contributed by atoms with Crippen LogP contribution < -0.4 is 5.32 Å². The largest absolute Gasteiger partial charge is 0.467 e. The summed E-state index contributed by atoms with van der Waals surface area (Å²) in [5.74, 6) is -0.712. The monoisotopic (exact) mass is 370 g/mol. The number of piperidine rings is 1. The lowest BCUT2D eigenvalue weighted by Crippen LogP contribution is -2.89. The number of para-hydroxylation sites is 1. The summed E-state index contributed by atoms with van der Waals surface area (Å²) in [5.41, 5.74) is -1.57. The topological polar surface area (TPSA) is 82.0 Å². The number of carbonyl (C=O) groups is 1. The molecule has 144 valence electrons. The molecular weight excluding hydrogens is 344 g/mol. The molecule has 2 bridgehead atoms. The van der Waals surface area contributed by atoms with Crippen molar-refractivity contribution in [1.82, 2.24) is 4.90 Å². The molecule has 3 N–H and O–H groups in total. The number of esters is 1. The van der Waals surface area contributed by atoms with Gasteiger partial charge in [0.2, 0.25) is 5.60 Å². The van der Waals surface area contributed by atoms with Crippen LogP contribution in [0.15, 0.2) is 24.3 Å². The Labute approximate surface area is 158 Å². The Morgan fingerprint density at radius 1 is 1.22 bits per heavy atom. The van der Waals surface area contributed by atoms with Crippen molar-refractivity contribution in [2.24, 2.45) is 5.41 Å². The maximum atomic E-state index is 13.0. The lowest BCUT2D eigenvalue weighted by molar-refractivity contribution is -0.276. The first-order valence-corrected chi connectivity index (χ1v) is 10.1. The summed E-state index contributed by atoms with van der Waals surface area (Å²) in [4.78, 5) is 15.5. The van der Waals surface area contributed by atoms with E-state index >= 15 is 0 Å². The molecule has 1 aromatic rings. The van der Waals surface area contributed by atoms with E-state index < -0.39 is 28.6 Å². The van der Waals surface area contributed by atoms with Gasteiger partial charge in [0, 0.05) is 22.6 Å². The first-order valence-electron chi connectivity index (χ1n) is 10.1. The predicted molar refractivity (Wildman–Crippen MR) is 98.3 cm³/mol. The molecule has 0 aromatic heterocycles. The molecule has 2 unspecified atom stereocenters. The van der Waals surface area contributed by atoms with Gasteiger partial charge in [-0.15, -0.1) is 0 Å². The maximum absolute atomic E-state index is 13.0. The normalized spacial score (nSPS) is 49.1. The van der Waals surface area contributed by atoms with Crippen molar-refractivity contribution < 1.29 is 19.7 Å². The van der Waals surface area contributed by atoms with Crippen molar-refractivity contribution in [2.75, 3.05) is 25.5 Å². The van der Waals surface area contributed by atoms with Crippen LogP contribution in [0.3, 0.4) is 0 Å². The number of carbonyl (C=O) groups excluding carboxylic acids is 1. The van der Waals surface area contributed by atoms with Gasteiger partial charge in [-0.1, -0.05) is 18.2 Å². The van der Waals surface area contributed by atoms with Crippen molar-refractivity contribution in [3.63, 3.8) is 0 Å². The second kappa shape index (κ2) is 4.67. The molecule has 6 heteroatoms. The molecule has 1 aromatic carbocycles. The molecule has 3 spiro atoms. The molecule has 7 rings (SSSR count). The van der Waals surface area contributed by atoms with Crippen molar-refractivity contribution in [2.45, 2.75) is 60.8 Å². The average molecular weight is 370 g/mol. The van der Waals surface area contributed by atoms with Crippen LogP contribution >= 0.6 is 0 Å². The lowest BCUT2D eigenvalue weighted by atomic mass is 9.36. The predicted octanol–water partition coefficient (Wildman–Crippen LogP) is 1.02. The number of nitrogens with one attached hydrogen (secondary N) is 1.